The van der Waals surface area contributed by atoms with Gasteiger partial charge in [-0.05, 0) is 37.3 Å². The lowest BCUT2D eigenvalue weighted by Crippen LogP contribution is -2.27. The maximum absolute atomic E-state index is 4.78. The van der Waals surface area contributed by atoms with E-state index in [9.17, 15) is 0 Å². The lowest BCUT2D eigenvalue weighted by Gasteiger charge is -2.19. The van der Waals surface area contributed by atoms with Crippen LogP contribution in [0.4, 0.5) is 0 Å². The van der Waals surface area contributed by atoms with Gasteiger partial charge in [-0.1, -0.05) is 13.8 Å². The summed E-state index contributed by atoms with van der Waals surface area (Å²) in [5.74, 6) is 2.53. The highest BCUT2D eigenvalue weighted by atomic mass is 15.0. The Morgan fingerprint density at radius 3 is 2.88 bits per heavy atom. The number of nitrogens with zero attached hydrogens (tertiary/aromatic N) is 2. The largest absolute Gasteiger partial charge is 0.311 e. The summed E-state index contributed by atoms with van der Waals surface area (Å²) in [7, 11) is 0. The summed E-state index contributed by atoms with van der Waals surface area (Å²) in [5, 5.41) is 3.40. The zero-order chi connectivity index (χ0) is 11.1. The molecule has 16 heavy (non-hydrogen) atoms. The van der Waals surface area contributed by atoms with Crippen LogP contribution in [0.5, 0.6) is 0 Å². The quantitative estimate of drug-likeness (QED) is 0.821. The highest BCUT2D eigenvalue weighted by Gasteiger charge is 2.37. The minimum Gasteiger partial charge on any atom is -0.311 e. The van der Waals surface area contributed by atoms with Crippen molar-refractivity contribution in [2.24, 2.45) is 5.92 Å². The molecule has 0 spiro atoms. The molecule has 0 radical (unpaired) electrons. The molecule has 0 saturated heterocycles. The molecule has 1 aromatic heterocycles. The average Bonchev–Trinajstić information content (AvgIpc) is 3.05. The minimum absolute atomic E-state index is 0.637. The molecule has 1 N–H and O–H groups in total. The normalized spacial score (nSPS) is 27.6. The molecule has 1 aliphatic heterocycles. The number of hydrogen-bond donors (Lipinski definition) is 1. The summed E-state index contributed by atoms with van der Waals surface area (Å²) in [6.45, 7) is 6.49. The van der Waals surface area contributed by atoms with Crippen molar-refractivity contribution in [3.63, 3.8) is 0 Å². The molecule has 3 rings (SSSR count). The molecule has 0 aromatic carbocycles. The molecular weight excluding hydrogens is 198 g/mol. The van der Waals surface area contributed by atoms with Crippen LogP contribution in [0.1, 0.15) is 49.0 Å². The zero-order valence-corrected chi connectivity index (χ0v) is 10.1. The molecular formula is C13H19N3. The van der Waals surface area contributed by atoms with E-state index in [1.165, 1.54) is 23.4 Å². The van der Waals surface area contributed by atoms with Gasteiger partial charge in [0, 0.05) is 18.2 Å². The van der Waals surface area contributed by atoms with Crippen molar-refractivity contribution in [3.8, 4) is 0 Å². The summed E-state index contributed by atoms with van der Waals surface area (Å²) in [4.78, 5) is 9.54. The van der Waals surface area contributed by atoms with Crippen LogP contribution >= 0.6 is 0 Å². The smallest absolute Gasteiger partial charge is 0.132 e. The van der Waals surface area contributed by atoms with Crippen LogP contribution < -0.4 is 5.32 Å². The van der Waals surface area contributed by atoms with Gasteiger partial charge in [0.15, 0.2) is 0 Å². The van der Waals surface area contributed by atoms with Gasteiger partial charge in [0.25, 0.3) is 0 Å². The van der Waals surface area contributed by atoms with Gasteiger partial charge in [-0.2, -0.15) is 0 Å². The minimum atomic E-state index is 0.637. The van der Waals surface area contributed by atoms with Crippen LogP contribution in [0.3, 0.4) is 0 Å². The van der Waals surface area contributed by atoms with Crippen LogP contribution in [0.2, 0.25) is 0 Å². The van der Waals surface area contributed by atoms with Crippen LogP contribution in [0.25, 0.3) is 0 Å². The Labute approximate surface area is 96.7 Å². The molecule has 1 saturated carbocycles. The van der Waals surface area contributed by atoms with Crippen LogP contribution in [0, 0.1) is 5.92 Å². The molecule has 2 atom stereocenters. The van der Waals surface area contributed by atoms with E-state index in [0.717, 1.165) is 37.7 Å². The van der Waals surface area contributed by atoms with E-state index >= 15 is 0 Å². The highest BCUT2D eigenvalue weighted by molar-refractivity contribution is 5.30. The fraction of sp³-hybridized carbons (Fsp3) is 0.692. The topological polar surface area (TPSA) is 37.8 Å². The molecule has 1 aliphatic carbocycles. The zero-order valence-electron chi connectivity index (χ0n) is 10.1. The molecule has 2 unspecified atom stereocenters. The first kappa shape index (κ1) is 10.2. The number of hydrogen-bond acceptors (Lipinski definition) is 3. The van der Waals surface area contributed by atoms with Gasteiger partial charge in [0.05, 0.1) is 5.69 Å². The Kier molecular flexibility index (Phi) is 2.43. The third-order valence-electron chi connectivity index (χ3n) is 3.82. The Balaban J connectivity index is 2.02. The van der Waals surface area contributed by atoms with Crippen molar-refractivity contribution in [2.45, 2.75) is 45.6 Å². The maximum atomic E-state index is 4.78. The van der Waals surface area contributed by atoms with Gasteiger partial charge in [0.1, 0.15) is 5.82 Å². The molecule has 1 aromatic rings. The number of rotatable bonds is 2. The highest BCUT2D eigenvalue weighted by Crippen LogP contribution is 2.45. The van der Waals surface area contributed by atoms with Gasteiger partial charge in [-0.15, -0.1) is 0 Å². The van der Waals surface area contributed by atoms with E-state index in [4.69, 9.17) is 9.97 Å². The standard InChI is InChI=1S/C13H19N3/c1-3-11-9-4-5-14-7-12(9)16-13(15-11)10-6-8(10)2/h8,10,14H,3-7H2,1-2H3. The van der Waals surface area contributed by atoms with Gasteiger partial charge in [-0.25, -0.2) is 9.97 Å². The maximum Gasteiger partial charge on any atom is 0.132 e. The molecule has 2 aliphatic rings. The summed E-state index contributed by atoms with van der Waals surface area (Å²) in [5.41, 5.74) is 3.96. The van der Waals surface area contributed by atoms with E-state index in [1.807, 2.05) is 0 Å². The molecule has 1 fully saturated rings. The molecule has 86 valence electrons. The third kappa shape index (κ3) is 1.63. The van der Waals surface area contributed by atoms with Crippen LogP contribution in [-0.4, -0.2) is 16.5 Å². The van der Waals surface area contributed by atoms with Gasteiger partial charge in [0.2, 0.25) is 0 Å². The molecule has 3 heteroatoms. The first-order valence-electron chi connectivity index (χ1n) is 6.39. The third-order valence-corrected chi connectivity index (χ3v) is 3.82. The van der Waals surface area contributed by atoms with Crippen LogP contribution in [0.15, 0.2) is 0 Å². The van der Waals surface area contributed by atoms with E-state index in [1.54, 1.807) is 0 Å². The predicted molar refractivity (Wildman–Crippen MR) is 63.3 cm³/mol. The van der Waals surface area contributed by atoms with E-state index in [0.29, 0.717) is 5.92 Å². The van der Waals surface area contributed by atoms with Crippen molar-refractivity contribution in [1.82, 2.24) is 15.3 Å². The van der Waals surface area contributed by atoms with E-state index in [-0.39, 0.29) is 0 Å². The van der Waals surface area contributed by atoms with E-state index < -0.39 is 0 Å². The summed E-state index contributed by atoms with van der Waals surface area (Å²) in [6, 6.07) is 0. The number of aryl methyl sites for hydroxylation is 1. The van der Waals surface area contributed by atoms with Crippen molar-refractivity contribution in [1.29, 1.82) is 0 Å². The van der Waals surface area contributed by atoms with Crippen molar-refractivity contribution in [3.05, 3.63) is 22.8 Å². The fourth-order valence-corrected chi connectivity index (χ4v) is 2.60. The van der Waals surface area contributed by atoms with Gasteiger partial charge < -0.3 is 5.32 Å². The second kappa shape index (κ2) is 3.81. The van der Waals surface area contributed by atoms with E-state index in [2.05, 4.69) is 19.2 Å². The Morgan fingerprint density at radius 1 is 1.38 bits per heavy atom. The molecule has 0 amide bonds. The van der Waals surface area contributed by atoms with Crippen LogP contribution in [-0.2, 0) is 19.4 Å². The SMILES string of the molecule is CCc1nc(C2CC2C)nc2c1CCNC2. The molecule has 0 bridgehead atoms. The van der Waals surface area contributed by atoms with Crippen molar-refractivity contribution in [2.75, 3.05) is 6.54 Å². The average molecular weight is 217 g/mol. The Hall–Kier alpha value is -0.960. The second-order valence-corrected chi connectivity index (χ2v) is 5.05. The van der Waals surface area contributed by atoms with Crippen molar-refractivity contribution >= 4 is 0 Å². The number of fused-ring (bicyclic) bond motifs is 1. The van der Waals surface area contributed by atoms with Crippen molar-refractivity contribution < 1.29 is 0 Å². The predicted octanol–water partition coefficient (Wildman–Crippen LogP) is 1.81. The Morgan fingerprint density at radius 2 is 2.19 bits per heavy atom. The lowest BCUT2D eigenvalue weighted by molar-refractivity contribution is 0.606. The Bertz CT molecular complexity index is 397. The first-order chi connectivity index (χ1) is 7.79. The lowest BCUT2D eigenvalue weighted by atomic mass is 10.0. The van der Waals surface area contributed by atoms with Gasteiger partial charge in [-0.3, -0.25) is 0 Å². The number of aromatic nitrogens is 2. The summed E-state index contributed by atoms with van der Waals surface area (Å²) in [6.07, 6.45) is 3.41. The fourth-order valence-electron chi connectivity index (χ4n) is 2.60. The van der Waals surface area contributed by atoms with Gasteiger partial charge >= 0.3 is 0 Å². The molecule has 3 nitrogen and oxygen atoms in total. The first-order valence-corrected chi connectivity index (χ1v) is 6.39. The summed E-state index contributed by atoms with van der Waals surface area (Å²) >= 11 is 0. The number of nitrogens with one attached hydrogen (secondary N) is 1. The monoisotopic (exact) mass is 217 g/mol. The second-order valence-electron chi connectivity index (χ2n) is 5.05. The summed E-state index contributed by atoms with van der Waals surface area (Å²) < 4.78 is 0. The molecule has 2 heterocycles.